The maximum absolute atomic E-state index is 12.5. The van der Waals surface area contributed by atoms with Crippen molar-refractivity contribution in [3.05, 3.63) is 41.1 Å². The molecule has 0 aliphatic heterocycles. The van der Waals surface area contributed by atoms with Gasteiger partial charge in [0.1, 0.15) is 0 Å². The number of nitrogens with one attached hydrogen (secondary N) is 1. The number of rotatable bonds is 4. The van der Waals surface area contributed by atoms with E-state index in [1.807, 2.05) is 46.1 Å². The number of fused-ring (bicyclic) bond motifs is 1. The second-order valence-corrected chi connectivity index (χ2v) is 5.15. The second kappa shape index (κ2) is 8.93. The number of hydrogen-bond donors (Lipinski definition) is 1. The summed E-state index contributed by atoms with van der Waals surface area (Å²) in [4.78, 5) is 18.7. The van der Waals surface area contributed by atoms with Crippen LogP contribution in [0.5, 0.6) is 0 Å². The molecule has 0 radical (unpaired) electrons. The van der Waals surface area contributed by atoms with Crippen molar-refractivity contribution in [3.8, 4) is 0 Å². The molecule has 4 nitrogen and oxygen atoms in total. The number of benzene rings is 1. The number of likely N-dealkylation sites (N-methyl/N-ethyl adjacent to an activating group) is 2. The van der Waals surface area contributed by atoms with Crippen LogP contribution in [0, 0.1) is 13.8 Å². The first-order chi connectivity index (χ1) is 9.52. The van der Waals surface area contributed by atoms with Gasteiger partial charge >= 0.3 is 0 Å². The lowest BCUT2D eigenvalue weighted by Crippen LogP contribution is -2.33. The maximum Gasteiger partial charge on any atom is 0.255 e. The summed E-state index contributed by atoms with van der Waals surface area (Å²) in [7, 11) is 3.70. The van der Waals surface area contributed by atoms with E-state index in [2.05, 4.69) is 16.4 Å². The highest BCUT2D eigenvalue weighted by Crippen LogP contribution is 2.19. The molecular weight excluding hydrogens is 321 g/mol. The number of pyridine rings is 1. The number of nitrogens with zero attached hydrogens (tertiary/aromatic N) is 2. The Bertz CT molecular complexity index is 647. The lowest BCUT2D eigenvalue weighted by atomic mass is 10.1. The molecule has 0 spiro atoms. The number of aromatic nitrogens is 1. The third-order valence-electron chi connectivity index (χ3n) is 3.44. The molecule has 0 bridgehead atoms. The lowest BCUT2D eigenvalue weighted by Gasteiger charge is -2.18. The van der Waals surface area contributed by atoms with Crippen molar-refractivity contribution in [3.63, 3.8) is 0 Å². The normalized spacial score (nSPS) is 9.82. The molecule has 0 saturated carbocycles. The van der Waals surface area contributed by atoms with Crippen LogP contribution in [-0.2, 0) is 0 Å². The number of halogens is 2. The third kappa shape index (κ3) is 4.57. The zero-order chi connectivity index (χ0) is 14.7. The van der Waals surface area contributed by atoms with E-state index >= 15 is 0 Å². The molecule has 1 aromatic carbocycles. The summed E-state index contributed by atoms with van der Waals surface area (Å²) >= 11 is 0. The van der Waals surface area contributed by atoms with Crippen LogP contribution >= 0.6 is 24.8 Å². The minimum absolute atomic E-state index is 0. The SMILES string of the molecule is CNCCN(C)C(=O)c1cc2cc(C)ccc2nc1C.Cl.Cl. The number of amides is 1. The van der Waals surface area contributed by atoms with Crippen LogP contribution < -0.4 is 5.32 Å². The minimum atomic E-state index is 0. The summed E-state index contributed by atoms with van der Waals surface area (Å²) in [5.41, 5.74) is 3.57. The van der Waals surface area contributed by atoms with Crippen LogP contribution in [0.15, 0.2) is 24.3 Å². The topological polar surface area (TPSA) is 45.2 Å². The van der Waals surface area contributed by atoms with Gasteiger partial charge in [0.2, 0.25) is 0 Å². The average Bonchev–Trinajstić information content (AvgIpc) is 2.43. The van der Waals surface area contributed by atoms with Crippen LogP contribution in [0.1, 0.15) is 21.6 Å². The minimum Gasteiger partial charge on any atom is -0.340 e. The fraction of sp³-hybridized carbons (Fsp3) is 0.375. The van der Waals surface area contributed by atoms with Crippen molar-refractivity contribution in [1.29, 1.82) is 0 Å². The van der Waals surface area contributed by atoms with Crippen LogP contribution in [0.3, 0.4) is 0 Å². The first-order valence-corrected chi connectivity index (χ1v) is 6.81. The molecule has 0 saturated heterocycles. The van der Waals surface area contributed by atoms with E-state index in [4.69, 9.17) is 0 Å². The van der Waals surface area contributed by atoms with Crippen molar-refractivity contribution >= 4 is 41.6 Å². The van der Waals surface area contributed by atoms with Gasteiger partial charge in [-0.1, -0.05) is 11.6 Å². The molecule has 0 aliphatic rings. The number of hydrogen-bond acceptors (Lipinski definition) is 3. The van der Waals surface area contributed by atoms with Crippen molar-refractivity contribution in [1.82, 2.24) is 15.2 Å². The van der Waals surface area contributed by atoms with E-state index in [0.29, 0.717) is 12.1 Å². The van der Waals surface area contributed by atoms with Gasteiger partial charge in [-0.2, -0.15) is 0 Å². The van der Waals surface area contributed by atoms with E-state index < -0.39 is 0 Å². The zero-order valence-electron chi connectivity index (χ0n) is 13.3. The Kier molecular flexibility index (Phi) is 8.38. The molecule has 1 heterocycles. The molecule has 22 heavy (non-hydrogen) atoms. The van der Waals surface area contributed by atoms with Gasteiger partial charge in [-0.15, -0.1) is 24.8 Å². The van der Waals surface area contributed by atoms with Gasteiger partial charge in [0.15, 0.2) is 0 Å². The molecule has 0 fully saturated rings. The summed E-state index contributed by atoms with van der Waals surface area (Å²) in [5.74, 6) is 0.0219. The summed E-state index contributed by atoms with van der Waals surface area (Å²) in [6, 6.07) is 8.04. The molecule has 1 amide bonds. The molecule has 0 aliphatic carbocycles. The third-order valence-corrected chi connectivity index (χ3v) is 3.44. The average molecular weight is 344 g/mol. The van der Waals surface area contributed by atoms with Gasteiger partial charge in [-0.05, 0) is 39.1 Å². The fourth-order valence-corrected chi connectivity index (χ4v) is 2.20. The van der Waals surface area contributed by atoms with E-state index in [9.17, 15) is 4.79 Å². The zero-order valence-corrected chi connectivity index (χ0v) is 15.0. The quantitative estimate of drug-likeness (QED) is 0.928. The van der Waals surface area contributed by atoms with E-state index in [1.165, 1.54) is 5.56 Å². The Hall–Kier alpha value is -1.36. The Morgan fingerprint density at radius 1 is 1.23 bits per heavy atom. The molecule has 2 aromatic rings. The van der Waals surface area contributed by atoms with Gasteiger partial charge in [0.25, 0.3) is 5.91 Å². The molecule has 1 aromatic heterocycles. The van der Waals surface area contributed by atoms with Crippen molar-refractivity contribution in [2.45, 2.75) is 13.8 Å². The first-order valence-electron chi connectivity index (χ1n) is 6.81. The summed E-state index contributed by atoms with van der Waals surface area (Å²) < 4.78 is 0. The van der Waals surface area contributed by atoms with Crippen LogP contribution in [0.2, 0.25) is 0 Å². The van der Waals surface area contributed by atoms with Gasteiger partial charge in [0, 0.05) is 25.5 Å². The van der Waals surface area contributed by atoms with Crippen molar-refractivity contribution in [2.24, 2.45) is 0 Å². The highest BCUT2D eigenvalue weighted by atomic mass is 35.5. The van der Waals surface area contributed by atoms with Crippen LogP contribution in [0.4, 0.5) is 0 Å². The largest absolute Gasteiger partial charge is 0.340 e. The number of carbonyl (C=O) groups is 1. The van der Waals surface area contributed by atoms with E-state index in [-0.39, 0.29) is 30.7 Å². The summed E-state index contributed by atoms with van der Waals surface area (Å²) in [6.45, 7) is 5.39. The highest BCUT2D eigenvalue weighted by molar-refractivity contribution is 5.98. The predicted molar refractivity (Wildman–Crippen MR) is 96.6 cm³/mol. The first kappa shape index (κ1) is 20.6. The highest BCUT2D eigenvalue weighted by Gasteiger charge is 2.15. The van der Waals surface area contributed by atoms with Gasteiger partial charge in [-0.3, -0.25) is 9.78 Å². The molecule has 0 atom stereocenters. The maximum atomic E-state index is 12.5. The number of aryl methyl sites for hydroxylation is 2. The van der Waals surface area contributed by atoms with E-state index in [0.717, 1.165) is 23.1 Å². The summed E-state index contributed by atoms with van der Waals surface area (Å²) in [6.07, 6.45) is 0. The second-order valence-electron chi connectivity index (χ2n) is 5.15. The monoisotopic (exact) mass is 343 g/mol. The van der Waals surface area contributed by atoms with E-state index in [1.54, 1.807) is 4.90 Å². The van der Waals surface area contributed by atoms with Crippen molar-refractivity contribution in [2.75, 3.05) is 27.2 Å². The molecular formula is C16H23Cl2N3O. The lowest BCUT2D eigenvalue weighted by molar-refractivity contribution is 0.0796. The predicted octanol–water partition coefficient (Wildman–Crippen LogP) is 2.99. The Morgan fingerprint density at radius 3 is 2.55 bits per heavy atom. The standard InChI is InChI=1S/C16H21N3O.2ClH/c1-11-5-6-15-13(9-11)10-14(12(2)18-15)16(20)19(4)8-7-17-3;;/h5-6,9-10,17H,7-8H2,1-4H3;2*1H. The molecule has 1 N–H and O–H groups in total. The fourth-order valence-electron chi connectivity index (χ4n) is 2.20. The van der Waals surface area contributed by atoms with Gasteiger partial charge in [0.05, 0.1) is 16.8 Å². The Balaban J connectivity index is 0.00000220. The smallest absolute Gasteiger partial charge is 0.255 e. The Labute approximate surface area is 144 Å². The van der Waals surface area contributed by atoms with Crippen molar-refractivity contribution < 1.29 is 4.79 Å². The number of carbonyl (C=O) groups excluding carboxylic acids is 1. The molecule has 0 unspecified atom stereocenters. The molecule has 122 valence electrons. The molecule has 2 rings (SSSR count). The summed E-state index contributed by atoms with van der Waals surface area (Å²) in [5, 5.41) is 4.06. The Morgan fingerprint density at radius 2 is 1.91 bits per heavy atom. The van der Waals surface area contributed by atoms with Crippen LogP contribution in [-0.4, -0.2) is 43.0 Å². The van der Waals surface area contributed by atoms with Crippen LogP contribution in [0.25, 0.3) is 10.9 Å². The van der Waals surface area contributed by atoms with Gasteiger partial charge < -0.3 is 10.2 Å². The van der Waals surface area contributed by atoms with Gasteiger partial charge in [-0.25, -0.2) is 0 Å². The molecule has 6 heteroatoms.